The topological polar surface area (TPSA) is 61.5 Å². The van der Waals surface area contributed by atoms with Crippen molar-refractivity contribution in [1.29, 1.82) is 0 Å². The summed E-state index contributed by atoms with van der Waals surface area (Å²) in [5, 5.41) is 0. The van der Waals surface area contributed by atoms with Crippen LogP contribution < -0.4 is 10.5 Å². The first-order valence-corrected chi connectivity index (χ1v) is 5.00. The number of carbonyl (C=O) groups excluding carboxylic acids is 1. The lowest BCUT2D eigenvalue weighted by molar-refractivity contribution is -0.274. The van der Waals surface area contributed by atoms with Crippen LogP contribution in [0.5, 0.6) is 5.75 Å². The molecule has 0 aliphatic heterocycles. The quantitative estimate of drug-likeness (QED) is 0.864. The van der Waals surface area contributed by atoms with E-state index in [1.165, 1.54) is 19.2 Å². The highest BCUT2D eigenvalue weighted by atomic mass is 35.5. The van der Waals surface area contributed by atoms with Crippen LogP contribution in [0.3, 0.4) is 0 Å². The van der Waals surface area contributed by atoms with Gasteiger partial charge in [-0.2, -0.15) is 0 Å². The Labute approximate surface area is 114 Å². The Morgan fingerprint density at radius 3 is 2.26 bits per heavy atom. The summed E-state index contributed by atoms with van der Waals surface area (Å²) in [5.74, 6) is -0.900. The third-order valence-corrected chi connectivity index (χ3v) is 2.12. The van der Waals surface area contributed by atoms with Crippen LogP contribution in [-0.2, 0) is 16.0 Å². The molecule has 0 bridgehead atoms. The van der Waals surface area contributed by atoms with Crippen molar-refractivity contribution < 1.29 is 27.4 Å². The molecular formula is C11H13ClF3NO3. The van der Waals surface area contributed by atoms with Crippen molar-refractivity contribution in [1.82, 2.24) is 0 Å². The first kappa shape index (κ1) is 17.5. The molecule has 1 aromatic rings. The van der Waals surface area contributed by atoms with Crippen LogP contribution in [0.15, 0.2) is 24.3 Å². The third-order valence-electron chi connectivity index (χ3n) is 2.12. The van der Waals surface area contributed by atoms with E-state index in [1.54, 1.807) is 0 Å². The Kier molecular flexibility index (Phi) is 6.64. The minimum absolute atomic E-state index is 0. The van der Waals surface area contributed by atoms with Gasteiger partial charge in [-0.1, -0.05) is 12.1 Å². The number of hydrogen-bond donors (Lipinski definition) is 1. The van der Waals surface area contributed by atoms with Gasteiger partial charge < -0.3 is 15.2 Å². The molecule has 4 nitrogen and oxygen atoms in total. The standard InChI is InChI=1S/C11H12F3NO3.ClH/c1-17-10(16)9(15)6-7-2-4-8(5-3-7)18-11(12,13)14;/h2-5,9H,6,15H2,1H3;1H/t9-;/m1./s1. The fourth-order valence-electron chi connectivity index (χ4n) is 1.32. The number of halogens is 4. The maximum atomic E-state index is 11.9. The second-order valence-electron chi connectivity index (χ2n) is 3.53. The summed E-state index contributed by atoms with van der Waals surface area (Å²) in [4.78, 5) is 11.1. The van der Waals surface area contributed by atoms with Crippen LogP contribution >= 0.6 is 12.4 Å². The zero-order valence-electron chi connectivity index (χ0n) is 9.94. The lowest BCUT2D eigenvalue weighted by atomic mass is 10.1. The van der Waals surface area contributed by atoms with Gasteiger partial charge in [-0.3, -0.25) is 4.79 Å². The molecule has 0 aromatic heterocycles. The summed E-state index contributed by atoms with van der Waals surface area (Å²) in [5.41, 5.74) is 6.13. The normalized spacial score (nSPS) is 12.3. The summed E-state index contributed by atoms with van der Waals surface area (Å²) in [6, 6.07) is 4.29. The number of carbonyl (C=O) groups is 1. The van der Waals surface area contributed by atoms with Gasteiger partial charge in [0.05, 0.1) is 7.11 Å². The van der Waals surface area contributed by atoms with Crippen molar-refractivity contribution in [3.8, 4) is 5.75 Å². The second-order valence-corrected chi connectivity index (χ2v) is 3.53. The van der Waals surface area contributed by atoms with Crippen LogP contribution in [0.1, 0.15) is 5.56 Å². The number of rotatable bonds is 4. The lowest BCUT2D eigenvalue weighted by Gasteiger charge is -2.11. The second kappa shape index (κ2) is 7.20. The van der Waals surface area contributed by atoms with E-state index in [0.717, 1.165) is 12.1 Å². The molecule has 0 aliphatic carbocycles. The number of benzene rings is 1. The Hall–Kier alpha value is -1.47. The highest BCUT2D eigenvalue weighted by Gasteiger charge is 2.30. The summed E-state index contributed by atoms with van der Waals surface area (Å²) in [6.07, 6.45) is -4.54. The predicted molar refractivity (Wildman–Crippen MR) is 64.1 cm³/mol. The minimum atomic E-state index is -4.72. The molecule has 1 rings (SSSR count). The first-order valence-electron chi connectivity index (χ1n) is 5.00. The Morgan fingerprint density at radius 1 is 1.32 bits per heavy atom. The molecule has 19 heavy (non-hydrogen) atoms. The predicted octanol–water partition coefficient (Wildman–Crippen LogP) is 2.05. The van der Waals surface area contributed by atoms with Gasteiger partial charge in [-0.15, -0.1) is 25.6 Å². The number of ether oxygens (including phenoxy) is 2. The Bertz CT molecular complexity index is 409. The Balaban J connectivity index is 0.00000324. The molecule has 1 aromatic carbocycles. The van der Waals surface area contributed by atoms with Crippen LogP contribution in [0.4, 0.5) is 13.2 Å². The molecule has 108 valence electrons. The van der Waals surface area contributed by atoms with Crippen LogP contribution in [0.2, 0.25) is 0 Å². The van der Waals surface area contributed by atoms with Crippen LogP contribution in [-0.4, -0.2) is 25.5 Å². The summed E-state index contributed by atoms with van der Waals surface area (Å²) >= 11 is 0. The van der Waals surface area contributed by atoms with Crippen LogP contribution in [0, 0.1) is 0 Å². The van der Waals surface area contributed by atoms with Gasteiger partial charge in [0.1, 0.15) is 11.8 Å². The number of alkyl halides is 3. The number of methoxy groups -OCH3 is 1. The molecule has 0 spiro atoms. The number of nitrogens with two attached hydrogens (primary N) is 1. The molecule has 0 radical (unpaired) electrons. The maximum Gasteiger partial charge on any atom is 0.573 e. The lowest BCUT2D eigenvalue weighted by Crippen LogP contribution is -2.33. The summed E-state index contributed by atoms with van der Waals surface area (Å²) in [6.45, 7) is 0. The molecule has 8 heteroatoms. The van der Waals surface area contributed by atoms with Crippen molar-refractivity contribution in [2.45, 2.75) is 18.8 Å². The number of hydrogen-bond acceptors (Lipinski definition) is 4. The fourth-order valence-corrected chi connectivity index (χ4v) is 1.32. The highest BCUT2D eigenvalue weighted by Crippen LogP contribution is 2.22. The molecule has 0 amide bonds. The van der Waals surface area contributed by atoms with Gasteiger partial charge in [0.25, 0.3) is 0 Å². The fraction of sp³-hybridized carbons (Fsp3) is 0.364. The smallest absolute Gasteiger partial charge is 0.468 e. The van der Waals surface area contributed by atoms with E-state index in [2.05, 4.69) is 9.47 Å². The van der Waals surface area contributed by atoms with Gasteiger partial charge in [0.2, 0.25) is 0 Å². The summed E-state index contributed by atoms with van der Waals surface area (Å²) < 4.78 is 43.8. The van der Waals surface area contributed by atoms with Crippen molar-refractivity contribution in [3.63, 3.8) is 0 Å². The summed E-state index contributed by atoms with van der Waals surface area (Å²) in [7, 11) is 1.21. The third kappa shape index (κ3) is 6.30. The molecule has 2 N–H and O–H groups in total. The SMILES string of the molecule is COC(=O)[C@H](N)Cc1ccc(OC(F)(F)F)cc1.Cl. The van der Waals surface area contributed by atoms with E-state index < -0.39 is 18.4 Å². The average molecular weight is 300 g/mol. The first-order chi connectivity index (χ1) is 8.31. The van der Waals surface area contributed by atoms with Gasteiger partial charge in [-0.25, -0.2) is 0 Å². The largest absolute Gasteiger partial charge is 0.573 e. The van der Waals surface area contributed by atoms with Gasteiger partial charge in [-0.05, 0) is 24.1 Å². The van der Waals surface area contributed by atoms with Gasteiger partial charge >= 0.3 is 12.3 Å². The molecule has 0 aliphatic rings. The molecule has 0 fully saturated rings. The molecule has 1 atom stereocenters. The van der Waals surface area contributed by atoms with Gasteiger partial charge in [0.15, 0.2) is 0 Å². The van der Waals surface area contributed by atoms with Crippen molar-refractivity contribution in [2.75, 3.05) is 7.11 Å². The van der Waals surface area contributed by atoms with E-state index in [4.69, 9.17) is 5.73 Å². The van der Waals surface area contributed by atoms with Crippen molar-refractivity contribution in [3.05, 3.63) is 29.8 Å². The minimum Gasteiger partial charge on any atom is -0.468 e. The molecule has 0 saturated heterocycles. The zero-order chi connectivity index (χ0) is 13.8. The van der Waals surface area contributed by atoms with Crippen molar-refractivity contribution in [2.24, 2.45) is 5.73 Å². The van der Waals surface area contributed by atoms with Gasteiger partial charge in [0, 0.05) is 0 Å². The molecule has 0 heterocycles. The van der Waals surface area contributed by atoms with E-state index in [0.29, 0.717) is 5.56 Å². The highest BCUT2D eigenvalue weighted by molar-refractivity contribution is 5.85. The van der Waals surface area contributed by atoms with E-state index in [9.17, 15) is 18.0 Å². The van der Waals surface area contributed by atoms with Crippen LogP contribution in [0.25, 0.3) is 0 Å². The van der Waals surface area contributed by atoms with E-state index in [-0.39, 0.29) is 24.6 Å². The van der Waals surface area contributed by atoms with Crippen molar-refractivity contribution >= 4 is 18.4 Å². The molecular weight excluding hydrogens is 287 g/mol. The molecule has 0 unspecified atom stereocenters. The average Bonchev–Trinajstić information content (AvgIpc) is 2.28. The van der Waals surface area contributed by atoms with E-state index >= 15 is 0 Å². The maximum absolute atomic E-state index is 11.9. The Morgan fingerprint density at radius 2 is 1.84 bits per heavy atom. The zero-order valence-corrected chi connectivity index (χ0v) is 10.8. The molecule has 0 saturated carbocycles. The van der Waals surface area contributed by atoms with E-state index in [1.807, 2.05) is 0 Å². The monoisotopic (exact) mass is 299 g/mol. The number of esters is 1.